The second kappa shape index (κ2) is 8.64. The van der Waals surface area contributed by atoms with Crippen LogP contribution in [0.15, 0.2) is 54.6 Å². The van der Waals surface area contributed by atoms with Crippen molar-refractivity contribution in [3.8, 4) is 0 Å². The highest BCUT2D eigenvalue weighted by molar-refractivity contribution is 7.84. The van der Waals surface area contributed by atoms with Crippen LogP contribution in [0.3, 0.4) is 0 Å². The van der Waals surface area contributed by atoms with E-state index in [9.17, 15) is 9.00 Å². The Morgan fingerprint density at radius 3 is 2.42 bits per heavy atom. The summed E-state index contributed by atoms with van der Waals surface area (Å²) in [6.07, 6.45) is 2.41. The fourth-order valence-electron chi connectivity index (χ4n) is 2.47. The Hall–Kier alpha value is -2.14. The number of urea groups is 1. The van der Waals surface area contributed by atoms with Gasteiger partial charge in [-0.1, -0.05) is 48.5 Å². The van der Waals surface area contributed by atoms with E-state index in [0.717, 1.165) is 17.7 Å². The first-order chi connectivity index (χ1) is 11.5. The largest absolute Gasteiger partial charge is 0.324 e. The second-order valence-electron chi connectivity index (χ2n) is 5.95. The van der Waals surface area contributed by atoms with Crippen molar-refractivity contribution in [3.05, 3.63) is 65.7 Å². The number of nitrogens with one attached hydrogen (secondary N) is 1. The van der Waals surface area contributed by atoms with Gasteiger partial charge in [-0.25, -0.2) is 4.79 Å². The van der Waals surface area contributed by atoms with Gasteiger partial charge in [0.2, 0.25) is 0 Å². The third-order valence-electron chi connectivity index (χ3n) is 3.95. The van der Waals surface area contributed by atoms with Crippen LogP contribution in [0.4, 0.5) is 10.5 Å². The number of carbonyl (C=O) groups is 1. The Morgan fingerprint density at radius 2 is 1.75 bits per heavy atom. The van der Waals surface area contributed by atoms with Gasteiger partial charge in [0.15, 0.2) is 0 Å². The molecule has 2 aromatic carbocycles. The number of hydrogen-bond acceptors (Lipinski definition) is 2. The van der Waals surface area contributed by atoms with Crippen LogP contribution in [-0.4, -0.2) is 40.2 Å². The highest BCUT2D eigenvalue weighted by Gasteiger charge is 2.17. The summed E-state index contributed by atoms with van der Waals surface area (Å²) in [4.78, 5) is 14.1. The molecule has 0 aliphatic carbocycles. The number of carbonyl (C=O) groups excluding carboxylic acids is 1. The summed E-state index contributed by atoms with van der Waals surface area (Å²) < 4.78 is 11.3. The lowest BCUT2D eigenvalue weighted by molar-refractivity contribution is 0.212. The SMILES string of the molecule is C[C@H](C[S@](C)=O)N(C)C(=O)Nc1ccccc1Cc1ccccc1. The van der Waals surface area contributed by atoms with E-state index in [1.807, 2.05) is 49.4 Å². The summed E-state index contributed by atoms with van der Waals surface area (Å²) in [6, 6.07) is 17.7. The van der Waals surface area contributed by atoms with E-state index >= 15 is 0 Å². The van der Waals surface area contributed by atoms with E-state index in [-0.39, 0.29) is 12.1 Å². The molecule has 0 aromatic heterocycles. The summed E-state index contributed by atoms with van der Waals surface area (Å²) >= 11 is 0. The van der Waals surface area contributed by atoms with Crippen LogP contribution in [0.25, 0.3) is 0 Å². The van der Waals surface area contributed by atoms with Gasteiger partial charge in [-0.3, -0.25) is 4.21 Å². The molecule has 24 heavy (non-hydrogen) atoms. The van der Waals surface area contributed by atoms with Crippen LogP contribution in [0.5, 0.6) is 0 Å². The van der Waals surface area contributed by atoms with Crippen LogP contribution < -0.4 is 5.32 Å². The molecule has 0 unspecified atom stereocenters. The number of amides is 2. The van der Waals surface area contributed by atoms with Crippen molar-refractivity contribution in [3.63, 3.8) is 0 Å². The summed E-state index contributed by atoms with van der Waals surface area (Å²) in [6.45, 7) is 1.90. The first-order valence-corrected chi connectivity index (χ1v) is 9.65. The van der Waals surface area contributed by atoms with Gasteiger partial charge in [-0.2, -0.15) is 0 Å². The molecular formula is C19H24N2O2S. The normalized spacial score (nSPS) is 13.1. The highest BCUT2D eigenvalue weighted by Crippen LogP contribution is 2.19. The summed E-state index contributed by atoms with van der Waals surface area (Å²) in [5, 5.41) is 2.97. The van der Waals surface area contributed by atoms with E-state index in [1.54, 1.807) is 18.2 Å². The van der Waals surface area contributed by atoms with Gasteiger partial charge in [0.1, 0.15) is 0 Å². The van der Waals surface area contributed by atoms with E-state index in [4.69, 9.17) is 0 Å². The number of rotatable bonds is 6. The van der Waals surface area contributed by atoms with Crippen LogP contribution in [0.2, 0.25) is 0 Å². The minimum absolute atomic E-state index is 0.0860. The molecule has 0 spiro atoms. The Bertz CT molecular complexity index is 704. The predicted octanol–water partition coefficient (Wildman–Crippen LogP) is 3.51. The van der Waals surface area contributed by atoms with Gasteiger partial charge in [0, 0.05) is 41.6 Å². The van der Waals surface area contributed by atoms with Gasteiger partial charge in [-0.15, -0.1) is 0 Å². The average molecular weight is 344 g/mol. The van der Waals surface area contributed by atoms with Crippen molar-refractivity contribution in [2.24, 2.45) is 0 Å². The minimum Gasteiger partial charge on any atom is -0.324 e. The van der Waals surface area contributed by atoms with Crippen LogP contribution in [0, 0.1) is 0 Å². The maximum Gasteiger partial charge on any atom is 0.321 e. The highest BCUT2D eigenvalue weighted by atomic mass is 32.2. The molecular weight excluding hydrogens is 320 g/mol. The Kier molecular flexibility index (Phi) is 6.55. The summed E-state index contributed by atoms with van der Waals surface area (Å²) in [7, 11) is 0.797. The monoisotopic (exact) mass is 344 g/mol. The van der Waals surface area contributed by atoms with Crippen molar-refractivity contribution >= 4 is 22.5 Å². The summed E-state index contributed by atoms with van der Waals surface area (Å²) in [5.74, 6) is 0.468. The van der Waals surface area contributed by atoms with Crippen molar-refractivity contribution in [1.82, 2.24) is 4.90 Å². The fraction of sp³-hybridized carbons (Fsp3) is 0.316. The molecule has 0 saturated heterocycles. The van der Waals surface area contributed by atoms with E-state index in [1.165, 1.54) is 5.56 Å². The molecule has 2 aromatic rings. The van der Waals surface area contributed by atoms with Crippen LogP contribution in [0.1, 0.15) is 18.1 Å². The number of benzene rings is 2. The lowest BCUT2D eigenvalue weighted by Crippen LogP contribution is -2.41. The maximum atomic E-state index is 12.5. The lowest BCUT2D eigenvalue weighted by atomic mass is 10.0. The van der Waals surface area contributed by atoms with Crippen molar-refractivity contribution in [2.45, 2.75) is 19.4 Å². The van der Waals surface area contributed by atoms with E-state index < -0.39 is 10.8 Å². The number of anilines is 1. The van der Waals surface area contributed by atoms with Gasteiger partial charge < -0.3 is 10.2 Å². The molecule has 0 radical (unpaired) electrons. The number of para-hydroxylation sites is 1. The Balaban J connectivity index is 2.09. The third kappa shape index (κ3) is 5.20. The third-order valence-corrected chi connectivity index (χ3v) is 4.91. The molecule has 0 bridgehead atoms. The van der Waals surface area contributed by atoms with Crippen LogP contribution in [-0.2, 0) is 17.2 Å². The van der Waals surface area contributed by atoms with Crippen molar-refractivity contribution in [2.75, 3.05) is 24.4 Å². The van der Waals surface area contributed by atoms with Crippen LogP contribution >= 0.6 is 0 Å². The van der Waals surface area contributed by atoms with Gasteiger partial charge in [0.25, 0.3) is 0 Å². The zero-order valence-corrected chi connectivity index (χ0v) is 15.2. The first-order valence-electron chi connectivity index (χ1n) is 7.93. The molecule has 0 aliphatic rings. The molecule has 0 heterocycles. The fourth-order valence-corrected chi connectivity index (χ4v) is 3.37. The molecule has 128 valence electrons. The van der Waals surface area contributed by atoms with Gasteiger partial charge >= 0.3 is 6.03 Å². The molecule has 0 saturated carbocycles. The van der Waals surface area contributed by atoms with Gasteiger partial charge in [0.05, 0.1) is 0 Å². The lowest BCUT2D eigenvalue weighted by Gasteiger charge is -2.25. The molecule has 1 N–H and O–H groups in total. The summed E-state index contributed by atoms with van der Waals surface area (Å²) in [5.41, 5.74) is 3.07. The van der Waals surface area contributed by atoms with E-state index in [2.05, 4.69) is 17.4 Å². The average Bonchev–Trinajstić information content (AvgIpc) is 2.56. The van der Waals surface area contributed by atoms with Crippen molar-refractivity contribution in [1.29, 1.82) is 0 Å². The van der Waals surface area contributed by atoms with Crippen molar-refractivity contribution < 1.29 is 9.00 Å². The smallest absolute Gasteiger partial charge is 0.321 e. The van der Waals surface area contributed by atoms with E-state index in [0.29, 0.717) is 5.75 Å². The minimum atomic E-state index is -0.932. The molecule has 2 amide bonds. The number of hydrogen-bond donors (Lipinski definition) is 1. The molecule has 4 nitrogen and oxygen atoms in total. The zero-order valence-electron chi connectivity index (χ0n) is 14.4. The molecule has 0 aliphatic heterocycles. The zero-order chi connectivity index (χ0) is 17.5. The quantitative estimate of drug-likeness (QED) is 0.872. The standard InChI is InChI=1S/C19H24N2O2S/c1-15(14-24(3)23)21(2)19(22)20-18-12-8-7-11-17(18)13-16-9-5-4-6-10-16/h4-12,15H,13-14H2,1-3H3,(H,20,22)/t15-,24+/m1/s1. The Labute approximate surface area is 146 Å². The Morgan fingerprint density at radius 1 is 1.12 bits per heavy atom. The molecule has 2 rings (SSSR count). The molecule has 2 atom stereocenters. The number of nitrogens with zero attached hydrogens (tertiary/aromatic N) is 1. The second-order valence-corrected chi connectivity index (χ2v) is 7.43. The maximum absolute atomic E-state index is 12.5. The first kappa shape index (κ1) is 18.2. The topological polar surface area (TPSA) is 49.4 Å². The molecule has 0 fully saturated rings. The molecule has 5 heteroatoms. The predicted molar refractivity (Wildman–Crippen MR) is 101 cm³/mol. The van der Waals surface area contributed by atoms with Gasteiger partial charge in [-0.05, 0) is 30.5 Å².